The molecular formula is C11H14FN5. The Balaban J connectivity index is 2.12. The van der Waals surface area contributed by atoms with Crippen molar-refractivity contribution in [3.63, 3.8) is 0 Å². The number of aromatic nitrogens is 4. The van der Waals surface area contributed by atoms with Crippen LogP contribution in [-0.4, -0.2) is 19.5 Å². The summed E-state index contributed by atoms with van der Waals surface area (Å²) in [6.45, 7) is 2.29. The zero-order chi connectivity index (χ0) is 12.3. The normalized spacial score (nSPS) is 10.5. The van der Waals surface area contributed by atoms with Crippen molar-refractivity contribution in [2.75, 3.05) is 5.32 Å². The molecule has 17 heavy (non-hydrogen) atoms. The van der Waals surface area contributed by atoms with Crippen molar-refractivity contribution >= 4 is 5.82 Å². The fourth-order valence-electron chi connectivity index (χ4n) is 1.51. The van der Waals surface area contributed by atoms with Gasteiger partial charge in [-0.2, -0.15) is 0 Å². The first-order valence-corrected chi connectivity index (χ1v) is 5.41. The maximum Gasteiger partial charge on any atom is 0.186 e. The number of rotatable bonds is 4. The molecule has 0 aromatic carbocycles. The summed E-state index contributed by atoms with van der Waals surface area (Å²) in [5, 5.41) is 2.92. The first-order chi connectivity index (χ1) is 8.22. The van der Waals surface area contributed by atoms with Crippen molar-refractivity contribution < 1.29 is 4.39 Å². The average molecular weight is 235 g/mol. The smallest absolute Gasteiger partial charge is 0.186 e. The van der Waals surface area contributed by atoms with Gasteiger partial charge in [0.25, 0.3) is 0 Å². The Morgan fingerprint density at radius 2 is 2.18 bits per heavy atom. The van der Waals surface area contributed by atoms with E-state index >= 15 is 0 Å². The molecule has 0 unspecified atom stereocenters. The van der Waals surface area contributed by atoms with Gasteiger partial charge in [-0.3, -0.25) is 0 Å². The van der Waals surface area contributed by atoms with Gasteiger partial charge in [-0.15, -0.1) is 0 Å². The fourth-order valence-corrected chi connectivity index (χ4v) is 1.51. The second kappa shape index (κ2) is 4.90. The Bertz CT molecular complexity index is 508. The van der Waals surface area contributed by atoms with Crippen LogP contribution in [0.3, 0.4) is 0 Å². The monoisotopic (exact) mass is 235 g/mol. The highest BCUT2D eigenvalue weighted by atomic mass is 19.1. The number of anilines is 1. The molecule has 0 fully saturated rings. The molecule has 1 N–H and O–H groups in total. The Labute approximate surface area is 98.7 Å². The van der Waals surface area contributed by atoms with E-state index in [9.17, 15) is 4.39 Å². The molecule has 2 aromatic rings. The van der Waals surface area contributed by atoms with Crippen LogP contribution in [0.4, 0.5) is 10.2 Å². The van der Waals surface area contributed by atoms with Gasteiger partial charge < -0.3 is 9.88 Å². The summed E-state index contributed by atoms with van der Waals surface area (Å²) in [5.74, 6) is 0.658. The van der Waals surface area contributed by atoms with Crippen molar-refractivity contribution in [1.82, 2.24) is 19.5 Å². The summed E-state index contributed by atoms with van der Waals surface area (Å²) < 4.78 is 15.7. The van der Waals surface area contributed by atoms with E-state index in [0.717, 1.165) is 5.82 Å². The maximum atomic E-state index is 13.8. The second-order valence-electron chi connectivity index (χ2n) is 3.64. The van der Waals surface area contributed by atoms with Gasteiger partial charge in [-0.25, -0.2) is 19.3 Å². The van der Waals surface area contributed by atoms with Crippen LogP contribution in [0.5, 0.6) is 0 Å². The molecule has 2 heterocycles. The highest BCUT2D eigenvalue weighted by Crippen LogP contribution is 2.13. The minimum atomic E-state index is -0.385. The largest absolute Gasteiger partial charge is 0.360 e. The van der Waals surface area contributed by atoms with Crippen LogP contribution in [0.2, 0.25) is 0 Å². The molecule has 0 radical (unpaired) electrons. The highest BCUT2D eigenvalue weighted by molar-refractivity contribution is 5.37. The first-order valence-electron chi connectivity index (χ1n) is 5.41. The van der Waals surface area contributed by atoms with Crippen LogP contribution in [-0.2, 0) is 20.0 Å². The Kier molecular flexibility index (Phi) is 3.32. The van der Waals surface area contributed by atoms with E-state index in [1.54, 1.807) is 6.20 Å². The van der Waals surface area contributed by atoms with Gasteiger partial charge in [0, 0.05) is 19.4 Å². The molecule has 0 aliphatic rings. The fraction of sp³-hybridized carbons (Fsp3) is 0.364. The molecule has 2 aromatic heterocycles. The van der Waals surface area contributed by atoms with Gasteiger partial charge in [-0.1, -0.05) is 6.92 Å². The van der Waals surface area contributed by atoms with E-state index < -0.39 is 0 Å². The highest BCUT2D eigenvalue weighted by Gasteiger charge is 2.09. The number of nitrogens with one attached hydrogen (secondary N) is 1. The van der Waals surface area contributed by atoms with Crippen molar-refractivity contribution in [3.05, 3.63) is 36.1 Å². The van der Waals surface area contributed by atoms with Crippen LogP contribution in [0.25, 0.3) is 0 Å². The Morgan fingerprint density at radius 1 is 1.35 bits per heavy atom. The zero-order valence-corrected chi connectivity index (χ0v) is 9.81. The molecule has 0 atom stereocenters. The molecule has 90 valence electrons. The van der Waals surface area contributed by atoms with Crippen LogP contribution >= 0.6 is 0 Å². The first kappa shape index (κ1) is 11.5. The summed E-state index contributed by atoms with van der Waals surface area (Å²) in [7, 11) is 1.89. The third-order valence-corrected chi connectivity index (χ3v) is 2.53. The van der Waals surface area contributed by atoms with E-state index in [1.165, 1.54) is 6.33 Å². The molecular weight excluding hydrogens is 221 g/mol. The van der Waals surface area contributed by atoms with Crippen molar-refractivity contribution in [3.8, 4) is 0 Å². The summed E-state index contributed by atoms with van der Waals surface area (Å²) >= 11 is 0. The summed E-state index contributed by atoms with van der Waals surface area (Å²) in [6.07, 6.45) is 5.45. The van der Waals surface area contributed by atoms with Gasteiger partial charge in [0.1, 0.15) is 12.2 Å². The number of imidazole rings is 1. The zero-order valence-electron chi connectivity index (χ0n) is 9.81. The third-order valence-electron chi connectivity index (χ3n) is 2.53. The molecule has 0 aliphatic carbocycles. The molecule has 0 saturated carbocycles. The average Bonchev–Trinajstić information content (AvgIpc) is 2.74. The molecule has 0 spiro atoms. The molecule has 2 rings (SSSR count). The van der Waals surface area contributed by atoms with E-state index in [2.05, 4.69) is 20.3 Å². The van der Waals surface area contributed by atoms with E-state index in [-0.39, 0.29) is 11.6 Å². The summed E-state index contributed by atoms with van der Waals surface area (Å²) in [6, 6.07) is 0. The third kappa shape index (κ3) is 2.41. The van der Waals surface area contributed by atoms with E-state index in [4.69, 9.17) is 0 Å². The van der Waals surface area contributed by atoms with Crippen molar-refractivity contribution in [2.45, 2.75) is 19.9 Å². The minimum absolute atomic E-state index is 0.222. The molecule has 0 bridgehead atoms. The molecule has 5 nitrogen and oxygen atoms in total. The quantitative estimate of drug-likeness (QED) is 0.873. The lowest BCUT2D eigenvalue weighted by molar-refractivity contribution is 0.596. The molecule has 0 aliphatic heterocycles. The maximum absolute atomic E-state index is 13.8. The predicted molar refractivity (Wildman–Crippen MR) is 61.9 cm³/mol. The molecule has 0 amide bonds. The Hall–Kier alpha value is -1.98. The lowest BCUT2D eigenvalue weighted by atomic mass is 10.3. The lowest BCUT2D eigenvalue weighted by Gasteiger charge is -2.07. The Morgan fingerprint density at radius 3 is 2.82 bits per heavy atom. The number of nitrogens with zero attached hydrogens (tertiary/aromatic N) is 4. The van der Waals surface area contributed by atoms with Crippen LogP contribution in [0.1, 0.15) is 18.4 Å². The van der Waals surface area contributed by atoms with Gasteiger partial charge in [0.15, 0.2) is 11.6 Å². The topological polar surface area (TPSA) is 55.6 Å². The predicted octanol–water partition coefficient (Wildman–Crippen LogP) is 1.52. The SMILES string of the molecule is CCc1ncnc(NCc2nccn2C)c1F. The van der Waals surface area contributed by atoms with Crippen LogP contribution in [0, 0.1) is 5.82 Å². The van der Waals surface area contributed by atoms with Crippen molar-refractivity contribution in [1.29, 1.82) is 0 Å². The molecule has 0 saturated heterocycles. The van der Waals surface area contributed by atoms with Crippen molar-refractivity contribution in [2.24, 2.45) is 7.05 Å². The number of hydrogen-bond donors (Lipinski definition) is 1. The van der Waals surface area contributed by atoms with E-state index in [0.29, 0.717) is 18.7 Å². The summed E-state index contributed by atoms with van der Waals surface area (Å²) in [4.78, 5) is 11.9. The van der Waals surface area contributed by atoms with Crippen LogP contribution in [0.15, 0.2) is 18.7 Å². The summed E-state index contributed by atoms with van der Waals surface area (Å²) in [5.41, 5.74) is 0.419. The van der Waals surface area contributed by atoms with Gasteiger partial charge in [0.05, 0.1) is 12.2 Å². The van der Waals surface area contributed by atoms with Crippen LogP contribution < -0.4 is 5.32 Å². The minimum Gasteiger partial charge on any atom is -0.360 e. The van der Waals surface area contributed by atoms with Gasteiger partial charge >= 0.3 is 0 Å². The standard InChI is InChI=1S/C11H14FN5/c1-3-8-10(12)11(16-7-15-8)14-6-9-13-4-5-17(9)2/h4-5,7H,3,6H2,1-2H3,(H,14,15,16). The van der Waals surface area contributed by atoms with Gasteiger partial charge in [-0.05, 0) is 6.42 Å². The number of aryl methyl sites for hydroxylation is 2. The molecule has 6 heteroatoms. The second-order valence-corrected chi connectivity index (χ2v) is 3.64. The number of hydrogen-bond acceptors (Lipinski definition) is 4. The lowest BCUT2D eigenvalue weighted by Crippen LogP contribution is -2.09. The van der Waals surface area contributed by atoms with Gasteiger partial charge in [0.2, 0.25) is 0 Å². The number of halogens is 1. The van der Waals surface area contributed by atoms with E-state index in [1.807, 2.05) is 24.7 Å².